The Morgan fingerprint density at radius 2 is 2.43 bits per heavy atom. The lowest BCUT2D eigenvalue weighted by molar-refractivity contribution is -0.110. The molecule has 2 nitrogen and oxygen atoms in total. The summed E-state index contributed by atoms with van der Waals surface area (Å²) in [4.78, 5) is 10.5. The average molecular weight is 190 g/mol. The fourth-order valence-electron chi connectivity index (χ4n) is 1.76. The van der Waals surface area contributed by atoms with Gasteiger partial charge in [0.2, 0.25) is 0 Å². The van der Waals surface area contributed by atoms with E-state index in [0.29, 0.717) is 0 Å². The Bertz CT molecular complexity index is 344. The molecule has 0 spiro atoms. The summed E-state index contributed by atoms with van der Waals surface area (Å²) < 4.78 is 5.47. The number of ether oxygens (including phenoxy) is 1. The number of rotatable bonds is 3. The van der Waals surface area contributed by atoms with E-state index in [4.69, 9.17) is 4.74 Å². The zero-order chi connectivity index (χ0) is 9.97. The zero-order valence-corrected chi connectivity index (χ0v) is 8.32. The zero-order valence-electron chi connectivity index (χ0n) is 8.32. The van der Waals surface area contributed by atoms with E-state index in [-0.39, 0.29) is 5.92 Å². The SMILES string of the molecule is CC(C=O)Cc1ccc2c(c1)OCC2. The van der Waals surface area contributed by atoms with Crippen molar-refractivity contribution in [3.05, 3.63) is 29.3 Å². The number of hydrogen-bond donors (Lipinski definition) is 0. The van der Waals surface area contributed by atoms with Crippen molar-refractivity contribution in [2.75, 3.05) is 6.61 Å². The van der Waals surface area contributed by atoms with Crippen molar-refractivity contribution in [3.8, 4) is 5.75 Å². The van der Waals surface area contributed by atoms with Gasteiger partial charge in [0, 0.05) is 12.3 Å². The third kappa shape index (κ3) is 1.79. The second-order valence-electron chi connectivity index (χ2n) is 3.86. The van der Waals surface area contributed by atoms with Crippen LogP contribution in [0.2, 0.25) is 0 Å². The molecule has 0 fully saturated rings. The second-order valence-corrected chi connectivity index (χ2v) is 3.86. The van der Waals surface area contributed by atoms with E-state index in [0.717, 1.165) is 31.5 Å². The number of aldehydes is 1. The first kappa shape index (κ1) is 9.25. The van der Waals surface area contributed by atoms with Gasteiger partial charge in [-0.1, -0.05) is 19.1 Å². The highest BCUT2D eigenvalue weighted by molar-refractivity contribution is 5.54. The molecule has 0 radical (unpaired) electrons. The van der Waals surface area contributed by atoms with Crippen LogP contribution in [0.15, 0.2) is 18.2 Å². The Balaban J connectivity index is 2.16. The number of benzene rings is 1. The molecule has 2 heteroatoms. The maximum atomic E-state index is 10.5. The minimum absolute atomic E-state index is 0.0921. The molecule has 0 aromatic heterocycles. The molecule has 14 heavy (non-hydrogen) atoms. The van der Waals surface area contributed by atoms with Crippen LogP contribution in [-0.4, -0.2) is 12.9 Å². The molecular formula is C12H14O2. The third-order valence-electron chi connectivity index (χ3n) is 2.55. The van der Waals surface area contributed by atoms with Crippen LogP contribution in [0.4, 0.5) is 0 Å². The average Bonchev–Trinajstić information content (AvgIpc) is 2.64. The van der Waals surface area contributed by atoms with Gasteiger partial charge in [-0.05, 0) is 23.6 Å². The van der Waals surface area contributed by atoms with Crippen molar-refractivity contribution in [1.82, 2.24) is 0 Å². The van der Waals surface area contributed by atoms with Crippen molar-refractivity contribution in [2.45, 2.75) is 19.8 Å². The van der Waals surface area contributed by atoms with Gasteiger partial charge in [0.05, 0.1) is 6.61 Å². The summed E-state index contributed by atoms with van der Waals surface area (Å²) in [6, 6.07) is 6.25. The fourth-order valence-corrected chi connectivity index (χ4v) is 1.76. The normalized spacial score (nSPS) is 15.8. The van der Waals surface area contributed by atoms with Crippen LogP contribution >= 0.6 is 0 Å². The molecule has 1 aromatic rings. The molecule has 1 aromatic carbocycles. The smallest absolute Gasteiger partial charge is 0.123 e. The van der Waals surface area contributed by atoms with Crippen LogP contribution < -0.4 is 4.74 Å². The molecule has 1 aliphatic heterocycles. The molecule has 1 atom stereocenters. The van der Waals surface area contributed by atoms with Gasteiger partial charge in [0.15, 0.2) is 0 Å². The van der Waals surface area contributed by atoms with Gasteiger partial charge in [-0.25, -0.2) is 0 Å². The summed E-state index contributed by atoms with van der Waals surface area (Å²) in [6.07, 6.45) is 2.81. The summed E-state index contributed by atoms with van der Waals surface area (Å²) in [6.45, 7) is 2.73. The van der Waals surface area contributed by atoms with E-state index in [1.807, 2.05) is 6.92 Å². The quantitative estimate of drug-likeness (QED) is 0.681. The molecule has 0 amide bonds. The van der Waals surface area contributed by atoms with Crippen molar-refractivity contribution in [2.24, 2.45) is 5.92 Å². The molecule has 74 valence electrons. The maximum absolute atomic E-state index is 10.5. The van der Waals surface area contributed by atoms with Crippen LogP contribution in [0, 0.1) is 5.92 Å². The second kappa shape index (κ2) is 3.82. The van der Waals surface area contributed by atoms with Gasteiger partial charge in [-0.3, -0.25) is 0 Å². The molecule has 0 saturated heterocycles. The minimum Gasteiger partial charge on any atom is -0.493 e. The Morgan fingerprint density at radius 1 is 1.57 bits per heavy atom. The summed E-state index contributed by atoms with van der Waals surface area (Å²) in [5.41, 5.74) is 2.47. The first-order chi connectivity index (χ1) is 6.79. The molecule has 1 aliphatic rings. The lowest BCUT2D eigenvalue weighted by Gasteiger charge is -2.05. The van der Waals surface area contributed by atoms with Crippen LogP contribution in [0.25, 0.3) is 0 Å². The number of carbonyl (C=O) groups is 1. The van der Waals surface area contributed by atoms with Gasteiger partial charge < -0.3 is 9.53 Å². The van der Waals surface area contributed by atoms with E-state index >= 15 is 0 Å². The van der Waals surface area contributed by atoms with Crippen molar-refractivity contribution >= 4 is 6.29 Å². The molecule has 1 heterocycles. The van der Waals surface area contributed by atoms with Crippen molar-refractivity contribution < 1.29 is 9.53 Å². The van der Waals surface area contributed by atoms with Gasteiger partial charge in [0.25, 0.3) is 0 Å². The topological polar surface area (TPSA) is 26.3 Å². The Labute approximate surface area is 83.9 Å². The highest BCUT2D eigenvalue weighted by Crippen LogP contribution is 2.26. The van der Waals surface area contributed by atoms with Gasteiger partial charge in [0.1, 0.15) is 12.0 Å². The van der Waals surface area contributed by atoms with Gasteiger partial charge >= 0.3 is 0 Å². The molecule has 2 rings (SSSR count). The lowest BCUT2D eigenvalue weighted by atomic mass is 10.0. The van der Waals surface area contributed by atoms with Crippen LogP contribution in [0.1, 0.15) is 18.1 Å². The number of hydrogen-bond acceptors (Lipinski definition) is 2. The first-order valence-electron chi connectivity index (χ1n) is 4.99. The monoisotopic (exact) mass is 190 g/mol. The highest BCUT2D eigenvalue weighted by Gasteiger charge is 2.12. The highest BCUT2D eigenvalue weighted by atomic mass is 16.5. The predicted octanol–water partition coefficient (Wildman–Crippen LogP) is 2.00. The van der Waals surface area contributed by atoms with Crippen LogP contribution in [0.5, 0.6) is 5.75 Å². The van der Waals surface area contributed by atoms with E-state index in [9.17, 15) is 4.79 Å². The Kier molecular flexibility index (Phi) is 2.53. The van der Waals surface area contributed by atoms with Crippen LogP contribution in [0.3, 0.4) is 0 Å². The molecule has 0 aliphatic carbocycles. The number of fused-ring (bicyclic) bond motifs is 1. The summed E-state index contributed by atoms with van der Waals surface area (Å²) in [5, 5.41) is 0. The lowest BCUT2D eigenvalue weighted by Crippen LogP contribution is -2.00. The molecule has 0 N–H and O–H groups in total. The number of carbonyl (C=O) groups excluding carboxylic acids is 1. The maximum Gasteiger partial charge on any atom is 0.123 e. The van der Waals surface area contributed by atoms with Crippen molar-refractivity contribution in [1.29, 1.82) is 0 Å². The molecular weight excluding hydrogens is 176 g/mol. The van der Waals surface area contributed by atoms with E-state index in [1.165, 1.54) is 11.1 Å². The van der Waals surface area contributed by atoms with Crippen molar-refractivity contribution in [3.63, 3.8) is 0 Å². The van der Waals surface area contributed by atoms with E-state index in [1.54, 1.807) is 0 Å². The third-order valence-corrected chi connectivity index (χ3v) is 2.55. The molecule has 0 saturated carbocycles. The standard InChI is InChI=1S/C12H14O2/c1-9(8-13)6-10-2-3-11-4-5-14-12(11)7-10/h2-3,7-9H,4-6H2,1H3. The minimum atomic E-state index is 0.0921. The van der Waals surface area contributed by atoms with E-state index in [2.05, 4.69) is 18.2 Å². The first-order valence-corrected chi connectivity index (χ1v) is 4.99. The summed E-state index contributed by atoms with van der Waals surface area (Å²) in [7, 11) is 0. The largest absolute Gasteiger partial charge is 0.493 e. The molecule has 1 unspecified atom stereocenters. The van der Waals surface area contributed by atoms with Gasteiger partial charge in [-0.15, -0.1) is 0 Å². The predicted molar refractivity (Wildman–Crippen MR) is 54.6 cm³/mol. The molecule has 0 bridgehead atoms. The fraction of sp³-hybridized carbons (Fsp3) is 0.417. The van der Waals surface area contributed by atoms with Crippen LogP contribution in [-0.2, 0) is 17.6 Å². The Morgan fingerprint density at radius 3 is 3.21 bits per heavy atom. The van der Waals surface area contributed by atoms with Gasteiger partial charge in [-0.2, -0.15) is 0 Å². The van der Waals surface area contributed by atoms with E-state index < -0.39 is 0 Å². The summed E-state index contributed by atoms with van der Waals surface area (Å²) in [5.74, 6) is 1.09. The summed E-state index contributed by atoms with van der Waals surface area (Å²) >= 11 is 0. The Hall–Kier alpha value is -1.31.